The summed E-state index contributed by atoms with van der Waals surface area (Å²) < 4.78 is 18.9. The number of fused-ring (bicyclic) bond motifs is 3. The first-order chi connectivity index (χ1) is 14.1. The molecule has 0 aliphatic carbocycles. The van der Waals surface area contributed by atoms with Gasteiger partial charge >= 0.3 is 6.03 Å². The van der Waals surface area contributed by atoms with Gasteiger partial charge in [0.2, 0.25) is 5.91 Å². The quantitative estimate of drug-likeness (QED) is 0.826. The molecule has 2 heterocycles. The minimum absolute atomic E-state index is 0.0745. The molecule has 3 amide bonds. The van der Waals surface area contributed by atoms with Crippen LogP contribution in [0.5, 0.6) is 0 Å². The Morgan fingerprint density at radius 3 is 2.66 bits per heavy atom. The maximum Gasteiger partial charge on any atom is 0.326 e. The molecule has 152 valence electrons. The number of ether oxygens (including phenoxy) is 1. The fourth-order valence-electron chi connectivity index (χ4n) is 4.37. The highest BCUT2D eigenvalue weighted by Gasteiger charge is 2.55. The molecular formula is C21H22FN3O4. The van der Waals surface area contributed by atoms with Crippen molar-refractivity contribution in [3.8, 4) is 0 Å². The molecule has 0 radical (unpaired) electrons. The number of rotatable bonds is 4. The zero-order valence-electron chi connectivity index (χ0n) is 15.9. The number of carbonyl (C=O) groups excluding carboxylic acids is 2. The summed E-state index contributed by atoms with van der Waals surface area (Å²) in [5.41, 5.74) is 1.67. The molecule has 1 saturated heterocycles. The fraction of sp³-hybridized carbons (Fsp3) is 0.333. The second-order valence-electron chi connectivity index (χ2n) is 7.16. The van der Waals surface area contributed by atoms with E-state index in [-0.39, 0.29) is 49.4 Å². The van der Waals surface area contributed by atoms with Crippen molar-refractivity contribution in [1.82, 2.24) is 4.90 Å². The molecule has 3 atom stereocenters. The molecular weight excluding hydrogens is 377 g/mol. The number of urea groups is 1. The Hall–Kier alpha value is -2.97. The maximum absolute atomic E-state index is 14.0. The average Bonchev–Trinajstić information content (AvgIpc) is 2.70. The zero-order valence-corrected chi connectivity index (χ0v) is 15.9. The Kier molecular flexibility index (Phi) is 5.21. The van der Waals surface area contributed by atoms with Gasteiger partial charge in [-0.2, -0.15) is 0 Å². The molecule has 0 bridgehead atoms. The van der Waals surface area contributed by atoms with E-state index >= 15 is 0 Å². The Labute approximate surface area is 167 Å². The number of nitrogens with one attached hydrogen (secondary N) is 1. The molecule has 0 saturated carbocycles. The lowest BCUT2D eigenvalue weighted by molar-refractivity contribution is -0.154. The van der Waals surface area contributed by atoms with Crippen molar-refractivity contribution < 1.29 is 23.8 Å². The topological polar surface area (TPSA) is 82.1 Å². The van der Waals surface area contributed by atoms with Crippen molar-refractivity contribution in [2.75, 3.05) is 37.1 Å². The third-order valence-corrected chi connectivity index (χ3v) is 5.60. The van der Waals surface area contributed by atoms with Gasteiger partial charge in [-0.15, -0.1) is 0 Å². The number of methoxy groups -OCH3 is 1. The van der Waals surface area contributed by atoms with Crippen LogP contribution in [-0.2, 0) is 9.53 Å². The van der Waals surface area contributed by atoms with Gasteiger partial charge in [0, 0.05) is 25.3 Å². The molecule has 2 aliphatic rings. The van der Waals surface area contributed by atoms with E-state index in [4.69, 9.17) is 4.74 Å². The van der Waals surface area contributed by atoms with Crippen LogP contribution in [0.1, 0.15) is 11.5 Å². The number of benzene rings is 2. The van der Waals surface area contributed by atoms with E-state index < -0.39 is 11.8 Å². The zero-order chi connectivity index (χ0) is 20.5. The number of para-hydroxylation sites is 2. The molecule has 8 heteroatoms. The van der Waals surface area contributed by atoms with E-state index in [0.29, 0.717) is 5.69 Å². The van der Waals surface area contributed by atoms with E-state index in [1.807, 2.05) is 24.3 Å². The van der Waals surface area contributed by atoms with Crippen LogP contribution in [-0.4, -0.2) is 60.9 Å². The average molecular weight is 399 g/mol. The smallest absolute Gasteiger partial charge is 0.326 e. The normalized spacial score (nSPS) is 22.4. The molecule has 7 nitrogen and oxygen atoms in total. The molecule has 0 aromatic heterocycles. The lowest BCUT2D eigenvalue weighted by Gasteiger charge is -2.58. The van der Waals surface area contributed by atoms with Gasteiger partial charge in [0.15, 0.2) is 0 Å². The van der Waals surface area contributed by atoms with E-state index in [0.717, 1.165) is 5.56 Å². The van der Waals surface area contributed by atoms with Crippen LogP contribution in [0.25, 0.3) is 0 Å². The van der Waals surface area contributed by atoms with Crippen LogP contribution in [0.3, 0.4) is 0 Å². The molecule has 2 N–H and O–H groups in total. The predicted molar refractivity (Wildman–Crippen MR) is 105 cm³/mol. The maximum atomic E-state index is 14.0. The summed E-state index contributed by atoms with van der Waals surface area (Å²) in [6, 6.07) is 12.2. The standard InChI is InChI=1S/C21H22FN3O4/c1-29-12-19(27)25-17-10-24(21(28)23-15-8-4-3-7-14(15)22)16-9-5-2-6-13(16)20(17)18(25)11-26/h2-9,17-18,20,26H,10-12H2,1H3,(H,23,28)/t17-,18+,20+/m1/s1. The lowest BCUT2D eigenvalue weighted by atomic mass is 9.72. The van der Waals surface area contributed by atoms with Crippen LogP contribution in [0.2, 0.25) is 0 Å². The van der Waals surface area contributed by atoms with E-state index in [9.17, 15) is 19.1 Å². The van der Waals surface area contributed by atoms with Gasteiger partial charge in [0.25, 0.3) is 0 Å². The van der Waals surface area contributed by atoms with Crippen molar-refractivity contribution in [1.29, 1.82) is 0 Å². The first-order valence-corrected chi connectivity index (χ1v) is 9.39. The molecule has 2 aromatic carbocycles. The molecule has 0 spiro atoms. The summed E-state index contributed by atoms with van der Waals surface area (Å²) in [5.74, 6) is -0.832. The third-order valence-electron chi connectivity index (χ3n) is 5.60. The number of hydrogen-bond donors (Lipinski definition) is 2. The summed E-state index contributed by atoms with van der Waals surface area (Å²) in [4.78, 5) is 28.6. The second-order valence-corrected chi connectivity index (χ2v) is 7.16. The largest absolute Gasteiger partial charge is 0.394 e. The lowest BCUT2D eigenvalue weighted by Crippen LogP contribution is -2.71. The van der Waals surface area contributed by atoms with Crippen molar-refractivity contribution in [2.24, 2.45) is 0 Å². The molecule has 2 aliphatic heterocycles. The summed E-state index contributed by atoms with van der Waals surface area (Å²) >= 11 is 0. The number of aliphatic hydroxyl groups excluding tert-OH is 1. The van der Waals surface area contributed by atoms with Crippen molar-refractivity contribution in [3.05, 3.63) is 59.9 Å². The van der Waals surface area contributed by atoms with Crippen LogP contribution in [0.4, 0.5) is 20.6 Å². The second kappa shape index (κ2) is 7.81. The van der Waals surface area contributed by atoms with E-state index in [2.05, 4.69) is 5.32 Å². The number of nitrogens with zero attached hydrogens (tertiary/aromatic N) is 2. The highest BCUT2D eigenvalue weighted by molar-refractivity contribution is 6.03. The number of anilines is 2. The molecule has 1 fully saturated rings. The van der Waals surface area contributed by atoms with Gasteiger partial charge in [0.1, 0.15) is 12.4 Å². The number of hydrogen-bond acceptors (Lipinski definition) is 4. The van der Waals surface area contributed by atoms with Gasteiger partial charge in [-0.1, -0.05) is 30.3 Å². The molecule has 29 heavy (non-hydrogen) atoms. The Morgan fingerprint density at radius 2 is 1.93 bits per heavy atom. The van der Waals surface area contributed by atoms with Gasteiger partial charge < -0.3 is 20.1 Å². The highest BCUT2D eigenvalue weighted by Crippen LogP contribution is 2.48. The molecule has 4 rings (SSSR count). The molecule has 0 unspecified atom stereocenters. The minimum Gasteiger partial charge on any atom is -0.394 e. The summed E-state index contributed by atoms with van der Waals surface area (Å²) in [5, 5.41) is 12.5. The van der Waals surface area contributed by atoms with E-state index in [1.54, 1.807) is 17.0 Å². The fourth-order valence-corrected chi connectivity index (χ4v) is 4.37. The van der Waals surface area contributed by atoms with Gasteiger partial charge in [-0.25, -0.2) is 9.18 Å². The minimum atomic E-state index is -0.523. The van der Waals surface area contributed by atoms with Crippen molar-refractivity contribution in [3.63, 3.8) is 0 Å². The van der Waals surface area contributed by atoms with Gasteiger partial charge in [-0.3, -0.25) is 9.69 Å². The Balaban J connectivity index is 1.65. The van der Waals surface area contributed by atoms with Crippen molar-refractivity contribution >= 4 is 23.3 Å². The third kappa shape index (κ3) is 3.24. The number of carbonyl (C=O) groups is 2. The van der Waals surface area contributed by atoms with Crippen LogP contribution >= 0.6 is 0 Å². The number of aliphatic hydroxyl groups is 1. The summed E-state index contributed by atoms with van der Waals surface area (Å²) in [7, 11) is 1.44. The Morgan fingerprint density at radius 1 is 1.21 bits per heavy atom. The van der Waals surface area contributed by atoms with E-state index in [1.165, 1.54) is 24.1 Å². The monoisotopic (exact) mass is 399 g/mol. The predicted octanol–water partition coefficient (Wildman–Crippen LogP) is 2.18. The Bertz CT molecular complexity index is 938. The van der Waals surface area contributed by atoms with Gasteiger partial charge in [0.05, 0.1) is 24.4 Å². The summed E-state index contributed by atoms with van der Waals surface area (Å²) in [6.45, 7) is -0.0247. The number of halogens is 1. The highest BCUT2D eigenvalue weighted by atomic mass is 19.1. The first-order valence-electron chi connectivity index (χ1n) is 9.39. The summed E-state index contributed by atoms with van der Waals surface area (Å²) in [6.07, 6.45) is 0. The SMILES string of the molecule is COCC(=O)N1[C@@H]2CN(C(=O)Nc3ccccc3F)c3ccccc3[C@@H]2[C@@H]1CO. The van der Waals surface area contributed by atoms with Crippen LogP contribution in [0, 0.1) is 5.82 Å². The number of amides is 3. The van der Waals surface area contributed by atoms with Gasteiger partial charge in [-0.05, 0) is 23.8 Å². The first kappa shape index (κ1) is 19.4. The van der Waals surface area contributed by atoms with Crippen LogP contribution < -0.4 is 10.2 Å². The van der Waals surface area contributed by atoms with Crippen molar-refractivity contribution in [2.45, 2.75) is 18.0 Å². The van der Waals surface area contributed by atoms with Crippen LogP contribution in [0.15, 0.2) is 48.5 Å². The molecule has 2 aromatic rings. The number of likely N-dealkylation sites (tertiary alicyclic amines) is 1.